The van der Waals surface area contributed by atoms with Crippen LogP contribution in [0, 0.1) is 19.7 Å². The molecule has 0 spiro atoms. The number of piperazine rings is 1. The van der Waals surface area contributed by atoms with E-state index in [1.807, 2.05) is 19.9 Å². The van der Waals surface area contributed by atoms with E-state index in [0.29, 0.717) is 11.1 Å². The monoisotopic (exact) mass is 494 g/mol. The van der Waals surface area contributed by atoms with E-state index < -0.39 is 15.8 Å². The van der Waals surface area contributed by atoms with Gasteiger partial charge in [-0.3, -0.25) is 4.79 Å². The predicted octanol–water partition coefficient (Wildman–Crippen LogP) is 0.559. The molecule has 1 aliphatic rings. The van der Waals surface area contributed by atoms with Gasteiger partial charge in [-0.05, 0) is 44.2 Å². The maximum Gasteiger partial charge on any atom is 0.271 e. The minimum Gasteiger partial charge on any atom is -0.339 e. The number of nitrogen functional groups attached to an aromatic ring is 1. The number of carbonyl (C=O) groups is 1. The van der Waals surface area contributed by atoms with Gasteiger partial charge >= 0.3 is 0 Å². The Labute approximate surface area is 194 Å². The van der Waals surface area contributed by atoms with Gasteiger partial charge in [0, 0.05) is 31.9 Å². The van der Waals surface area contributed by atoms with Crippen molar-refractivity contribution in [3.05, 3.63) is 47.5 Å². The van der Waals surface area contributed by atoms with E-state index in [9.17, 15) is 17.6 Å². The average molecular weight is 495 g/mol. The van der Waals surface area contributed by atoms with Gasteiger partial charge in [0.25, 0.3) is 5.95 Å². The smallest absolute Gasteiger partial charge is 0.271 e. The van der Waals surface area contributed by atoms with E-state index in [1.165, 1.54) is 21.1 Å². The molecule has 0 radical (unpaired) electrons. The first-order valence-corrected chi connectivity index (χ1v) is 12.5. The highest BCUT2D eigenvalue weighted by Gasteiger charge is 2.30. The van der Waals surface area contributed by atoms with Crippen LogP contribution < -0.4 is 5.84 Å². The largest absolute Gasteiger partial charge is 0.339 e. The van der Waals surface area contributed by atoms with Crippen LogP contribution in [0.15, 0.2) is 40.4 Å². The number of sulfonamides is 1. The molecule has 0 bridgehead atoms. The van der Waals surface area contributed by atoms with Crippen LogP contribution in [0.25, 0.3) is 5.95 Å². The molecule has 0 saturated carbocycles. The Morgan fingerprint density at radius 1 is 1.12 bits per heavy atom. The molecule has 2 N–H and O–H groups in total. The topological polar surface area (TPSA) is 132 Å². The molecule has 1 aliphatic heterocycles. The third-order valence-electron chi connectivity index (χ3n) is 5.21. The second-order valence-corrected chi connectivity index (χ2v) is 10.4. The van der Waals surface area contributed by atoms with E-state index in [0.717, 1.165) is 35.3 Å². The van der Waals surface area contributed by atoms with Crippen LogP contribution in [0.1, 0.15) is 11.4 Å². The Hall–Kier alpha value is -2.97. The Kier molecular flexibility index (Phi) is 6.41. The van der Waals surface area contributed by atoms with Crippen molar-refractivity contribution in [2.75, 3.05) is 37.8 Å². The van der Waals surface area contributed by atoms with Gasteiger partial charge in [-0.15, -0.1) is 10.2 Å². The molecule has 3 heterocycles. The molecule has 4 rings (SSSR count). The summed E-state index contributed by atoms with van der Waals surface area (Å²) in [7, 11) is -3.74. The third kappa shape index (κ3) is 4.72. The Morgan fingerprint density at radius 3 is 2.39 bits per heavy atom. The fourth-order valence-corrected chi connectivity index (χ4v) is 5.67. The number of nitrogens with zero attached hydrogens (tertiary/aromatic N) is 7. The molecule has 11 nitrogen and oxygen atoms in total. The summed E-state index contributed by atoms with van der Waals surface area (Å²) in [5, 5.41) is 12.8. The molecule has 14 heteroatoms. The lowest BCUT2D eigenvalue weighted by Crippen LogP contribution is -2.51. The highest BCUT2D eigenvalue weighted by atomic mass is 32.2. The summed E-state index contributed by atoms with van der Waals surface area (Å²) >= 11 is 1.15. The minimum absolute atomic E-state index is 0.0277. The van der Waals surface area contributed by atoms with Crippen molar-refractivity contribution in [3.63, 3.8) is 0 Å². The number of amides is 1. The van der Waals surface area contributed by atoms with Crippen LogP contribution in [0.5, 0.6) is 0 Å². The fraction of sp³-hybridized carbons (Fsp3) is 0.368. The first-order chi connectivity index (χ1) is 15.7. The maximum absolute atomic E-state index is 13.1. The third-order valence-corrected chi connectivity index (χ3v) is 8.05. The number of benzene rings is 1. The number of halogens is 1. The average Bonchev–Trinajstić information content (AvgIpc) is 3.32. The lowest BCUT2D eigenvalue weighted by molar-refractivity contribution is -0.129. The van der Waals surface area contributed by atoms with Crippen LogP contribution >= 0.6 is 11.8 Å². The van der Waals surface area contributed by atoms with Crippen LogP contribution in [0.2, 0.25) is 0 Å². The highest BCUT2D eigenvalue weighted by molar-refractivity contribution is 7.99. The highest BCUT2D eigenvalue weighted by Crippen LogP contribution is 2.21. The number of aromatic nitrogens is 5. The lowest BCUT2D eigenvalue weighted by atomic mass is 10.3. The van der Waals surface area contributed by atoms with Gasteiger partial charge in [0.2, 0.25) is 21.1 Å². The minimum atomic E-state index is -3.74. The Bertz CT molecular complexity index is 1260. The van der Waals surface area contributed by atoms with Gasteiger partial charge in [0.1, 0.15) is 5.82 Å². The standard InChI is InChI=1S/C19H23FN8O3S2/c1-13-11-14(2)28(24-13)18-22-23-19(27(18)21)32-12-17(29)25-7-9-26(10-8-25)33(30,31)16-5-3-15(20)4-6-16/h3-6,11H,7-10,12,21H2,1-2H3. The molecule has 1 aromatic carbocycles. The van der Waals surface area contributed by atoms with Gasteiger partial charge in [-0.25, -0.2) is 22.2 Å². The first kappa shape index (κ1) is 23.2. The Morgan fingerprint density at radius 2 is 1.79 bits per heavy atom. The number of hydrogen-bond acceptors (Lipinski definition) is 8. The molecule has 1 fully saturated rings. The summed E-state index contributed by atoms with van der Waals surface area (Å²) in [6.45, 7) is 4.56. The quantitative estimate of drug-likeness (QED) is 0.388. The molecule has 1 amide bonds. The SMILES string of the molecule is Cc1cc(C)n(-c2nnc(SCC(=O)N3CCN(S(=O)(=O)c4ccc(F)cc4)CC3)n2N)n1. The summed E-state index contributed by atoms with van der Waals surface area (Å²) in [6.07, 6.45) is 0. The first-order valence-electron chi connectivity index (χ1n) is 10.1. The van der Waals surface area contributed by atoms with Crippen molar-refractivity contribution in [1.82, 2.24) is 33.9 Å². The van der Waals surface area contributed by atoms with Crippen molar-refractivity contribution in [2.24, 2.45) is 0 Å². The predicted molar refractivity (Wildman–Crippen MR) is 119 cm³/mol. The molecule has 2 aromatic heterocycles. The van der Waals surface area contributed by atoms with Crippen molar-refractivity contribution in [1.29, 1.82) is 0 Å². The normalized spacial score (nSPS) is 15.2. The van der Waals surface area contributed by atoms with Crippen LogP contribution in [-0.2, 0) is 14.8 Å². The van der Waals surface area contributed by atoms with E-state index in [4.69, 9.17) is 5.84 Å². The summed E-state index contributed by atoms with van der Waals surface area (Å²) in [6, 6.07) is 6.59. The summed E-state index contributed by atoms with van der Waals surface area (Å²) in [4.78, 5) is 14.3. The molecule has 0 unspecified atom stereocenters. The summed E-state index contributed by atoms with van der Waals surface area (Å²) in [5.41, 5.74) is 1.67. The van der Waals surface area contributed by atoms with Gasteiger partial charge in [0.05, 0.1) is 16.3 Å². The van der Waals surface area contributed by atoms with Gasteiger partial charge in [0.15, 0.2) is 0 Å². The van der Waals surface area contributed by atoms with Gasteiger partial charge in [-0.1, -0.05) is 11.8 Å². The molecule has 1 saturated heterocycles. The second kappa shape index (κ2) is 9.11. The van der Waals surface area contributed by atoms with E-state index in [2.05, 4.69) is 15.3 Å². The van der Waals surface area contributed by atoms with Crippen LogP contribution in [-0.4, -0.2) is 80.1 Å². The number of rotatable bonds is 6. The Balaban J connectivity index is 1.34. The lowest BCUT2D eigenvalue weighted by Gasteiger charge is -2.34. The molecule has 3 aromatic rings. The molecular weight excluding hydrogens is 471 g/mol. The van der Waals surface area contributed by atoms with Crippen molar-refractivity contribution >= 4 is 27.7 Å². The van der Waals surface area contributed by atoms with Crippen LogP contribution in [0.3, 0.4) is 0 Å². The number of carbonyl (C=O) groups excluding carboxylic acids is 1. The van der Waals surface area contributed by atoms with E-state index in [1.54, 1.807) is 9.58 Å². The molecule has 33 heavy (non-hydrogen) atoms. The van der Waals surface area contributed by atoms with Crippen molar-refractivity contribution in [3.8, 4) is 5.95 Å². The maximum atomic E-state index is 13.1. The van der Waals surface area contributed by atoms with E-state index in [-0.39, 0.29) is 42.7 Å². The van der Waals surface area contributed by atoms with Gasteiger partial charge < -0.3 is 10.7 Å². The number of aryl methyl sites for hydroxylation is 2. The van der Waals surface area contributed by atoms with E-state index >= 15 is 0 Å². The summed E-state index contributed by atoms with van der Waals surface area (Å²) in [5.74, 6) is 5.86. The molecule has 0 atom stereocenters. The molecular formula is C19H23FN8O3S2. The zero-order chi connectivity index (χ0) is 23.8. The molecule has 176 valence electrons. The van der Waals surface area contributed by atoms with Crippen molar-refractivity contribution < 1.29 is 17.6 Å². The number of thioether (sulfide) groups is 1. The van der Waals surface area contributed by atoms with Gasteiger partial charge in [-0.2, -0.15) is 9.40 Å². The van der Waals surface area contributed by atoms with Crippen molar-refractivity contribution in [2.45, 2.75) is 23.9 Å². The number of nitrogens with two attached hydrogens (primary N) is 1. The zero-order valence-corrected chi connectivity index (χ0v) is 19.7. The fourth-order valence-electron chi connectivity index (χ4n) is 3.49. The second-order valence-electron chi connectivity index (χ2n) is 7.52. The number of hydrogen-bond donors (Lipinski definition) is 1. The molecule has 0 aliphatic carbocycles. The summed E-state index contributed by atoms with van der Waals surface area (Å²) < 4.78 is 42.7. The zero-order valence-electron chi connectivity index (χ0n) is 18.0. The van der Waals surface area contributed by atoms with Crippen LogP contribution in [0.4, 0.5) is 4.39 Å².